The van der Waals surface area contributed by atoms with E-state index >= 15 is 0 Å². The van der Waals surface area contributed by atoms with Gasteiger partial charge in [-0.3, -0.25) is 0 Å². The number of halogens is 1. The topological polar surface area (TPSA) is 72.8 Å². The van der Waals surface area contributed by atoms with E-state index < -0.39 is 18.0 Å². The van der Waals surface area contributed by atoms with Crippen LogP contribution in [-0.2, 0) is 19.1 Å². The summed E-state index contributed by atoms with van der Waals surface area (Å²) in [5.41, 5.74) is 0.701. The number of fused-ring (bicyclic) bond motifs is 1. The molecule has 1 saturated carbocycles. The first-order chi connectivity index (χ1) is 14.9. The lowest BCUT2D eigenvalue weighted by Crippen LogP contribution is -2.22. The van der Waals surface area contributed by atoms with Gasteiger partial charge in [-0.2, -0.15) is 0 Å². The number of aliphatic hydroxyl groups is 1. The molecular formula is C25H29FO5. The molecule has 5 nitrogen and oxygen atoms in total. The lowest BCUT2D eigenvalue weighted by atomic mass is 9.90. The zero-order valence-electron chi connectivity index (χ0n) is 17.7. The van der Waals surface area contributed by atoms with Gasteiger partial charge in [-0.25, -0.2) is 14.0 Å². The van der Waals surface area contributed by atoms with Crippen LogP contribution in [0.4, 0.5) is 4.39 Å². The number of benzene rings is 1. The minimum atomic E-state index is -0.836. The third-order valence-corrected chi connectivity index (χ3v) is 5.73. The summed E-state index contributed by atoms with van der Waals surface area (Å²) in [5, 5.41) is 10.6. The molecule has 31 heavy (non-hydrogen) atoms. The van der Waals surface area contributed by atoms with Crippen molar-refractivity contribution in [3.63, 3.8) is 0 Å². The largest absolute Gasteiger partial charge is 0.460 e. The van der Waals surface area contributed by atoms with Crippen LogP contribution in [0, 0.1) is 17.7 Å². The number of carbonyl (C=O) groups excluding carboxylic acids is 2. The first-order valence-corrected chi connectivity index (χ1v) is 10.8. The Hall–Kier alpha value is -2.73. The number of carbonyl (C=O) groups is 2. The smallest absolute Gasteiger partial charge is 0.331 e. The van der Waals surface area contributed by atoms with Gasteiger partial charge in [0.15, 0.2) is 0 Å². The Morgan fingerprint density at radius 3 is 2.77 bits per heavy atom. The zero-order valence-corrected chi connectivity index (χ0v) is 17.7. The van der Waals surface area contributed by atoms with Crippen molar-refractivity contribution >= 4 is 18.0 Å². The molecule has 1 N–H and O–H groups in total. The van der Waals surface area contributed by atoms with E-state index in [1.54, 1.807) is 18.2 Å². The molecule has 0 unspecified atom stereocenters. The number of hydrogen-bond donors (Lipinski definition) is 1. The van der Waals surface area contributed by atoms with Gasteiger partial charge >= 0.3 is 11.9 Å². The van der Waals surface area contributed by atoms with Crippen LogP contribution < -0.4 is 0 Å². The maximum Gasteiger partial charge on any atom is 0.331 e. The zero-order chi connectivity index (χ0) is 22.2. The first-order valence-electron chi connectivity index (χ1n) is 10.8. The molecule has 1 heterocycles. The van der Waals surface area contributed by atoms with E-state index in [1.165, 1.54) is 30.4 Å². The summed E-state index contributed by atoms with van der Waals surface area (Å²) in [5.74, 6) is -1.38. The number of allylic oxidation sites excluding steroid dienone is 2. The second-order valence-corrected chi connectivity index (χ2v) is 8.20. The molecule has 0 saturated heterocycles. The monoisotopic (exact) mass is 428 g/mol. The van der Waals surface area contributed by atoms with Crippen LogP contribution in [0.3, 0.4) is 0 Å². The average molecular weight is 429 g/mol. The summed E-state index contributed by atoms with van der Waals surface area (Å²) >= 11 is 0. The molecule has 1 fully saturated rings. The minimum Gasteiger partial charge on any atom is -0.460 e. The molecule has 0 amide bonds. The fourth-order valence-electron chi connectivity index (χ4n) is 4.12. The van der Waals surface area contributed by atoms with Gasteiger partial charge in [0.1, 0.15) is 11.9 Å². The Morgan fingerprint density at radius 2 is 2.00 bits per heavy atom. The van der Waals surface area contributed by atoms with Crippen LogP contribution in [0.25, 0.3) is 6.08 Å². The third kappa shape index (κ3) is 7.17. The van der Waals surface area contributed by atoms with Crippen molar-refractivity contribution in [2.45, 2.75) is 57.3 Å². The van der Waals surface area contributed by atoms with Crippen molar-refractivity contribution in [3.05, 3.63) is 66.0 Å². The summed E-state index contributed by atoms with van der Waals surface area (Å²) < 4.78 is 23.9. The van der Waals surface area contributed by atoms with Gasteiger partial charge < -0.3 is 14.6 Å². The summed E-state index contributed by atoms with van der Waals surface area (Å²) in [4.78, 5) is 24.2. The van der Waals surface area contributed by atoms with E-state index in [9.17, 15) is 19.1 Å². The Morgan fingerprint density at radius 1 is 1.23 bits per heavy atom. The highest BCUT2D eigenvalue weighted by molar-refractivity contribution is 5.87. The maximum atomic E-state index is 13.0. The lowest BCUT2D eigenvalue weighted by molar-refractivity contribution is -0.143. The van der Waals surface area contributed by atoms with Gasteiger partial charge in [-0.05, 0) is 80.7 Å². The molecule has 0 radical (unpaired) electrons. The molecule has 5 atom stereocenters. The molecule has 3 rings (SSSR count). The van der Waals surface area contributed by atoms with Gasteiger partial charge in [-0.1, -0.05) is 24.3 Å². The Kier molecular flexibility index (Phi) is 8.18. The van der Waals surface area contributed by atoms with E-state index in [0.717, 1.165) is 19.3 Å². The van der Waals surface area contributed by atoms with E-state index in [1.807, 2.05) is 6.92 Å². The highest BCUT2D eigenvalue weighted by Gasteiger charge is 2.38. The highest BCUT2D eigenvalue weighted by Crippen LogP contribution is 2.38. The number of esters is 2. The highest BCUT2D eigenvalue weighted by atomic mass is 19.1. The molecule has 1 aromatic rings. The second-order valence-electron chi connectivity index (χ2n) is 8.20. The summed E-state index contributed by atoms with van der Waals surface area (Å²) in [6, 6.07) is 5.81. The van der Waals surface area contributed by atoms with Crippen LogP contribution in [0.5, 0.6) is 0 Å². The molecule has 0 aromatic heterocycles. The third-order valence-electron chi connectivity index (χ3n) is 5.73. The lowest BCUT2D eigenvalue weighted by Gasteiger charge is -2.19. The molecule has 166 valence electrons. The number of hydrogen-bond acceptors (Lipinski definition) is 5. The maximum absolute atomic E-state index is 13.0. The van der Waals surface area contributed by atoms with Gasteiger partial charge in [0.05, 0.1) is 12.2 Å². The van der Waals surface area contributed by atoms with Crippen molar-refractivity contribution in [1.82, 2.24) is 0 Å². The van der Waals surface area contributed by atoms with Gasteiger partial charge in [0, 0.05) is 12.2 Å². The van der Waals surface area contributed by atoms with Crippen molar-refractivity contribution in [3.8, 4) is 0 Å². The van der Waals surface area contributed by atoms with E-state index in [0.29, 0.717) is 18.4 Å². The van der Waals surface area contributed by atoms with Crippen LogP contribution in [0.1, 0.15) is 44.6 Å². The van der Waals surface area contributed by atoms with Crippen LogP contribution in [-0.4, -0.2) is 35.4 Å². The van der Waals surface area contributed by atoms with Crippen molar-refractivity contribution < 1.29 is 28.6 Å². The normalized spacial score (nSPS) is 30.5. The number of ether oxygens (including phenoxy) is 2. The summed E-state index contributed by atoms with van der Waals surface area (Å²) in [6.45, 7) is 1.86. The second kappa shape index (κ2) is 11.0. The standard InChI is InChI=1S/C25H29FO5/c1-17-5-3-2-4-6-19-15-21(16-22(19)23(27)12-14-24(28)30-17)31-25(29)13-9-18-7-10-20(26)11-8-18/h4,6-14,17,19,21-23,27H,2-3,5,15-16H2,1H3/b6-4+,13-9+,14-12?/t17-,19+,21-,22+,23+/m0/s1. The van der Waals surface area contributed by atoms with Crippen LogP contribution >= 0.6 is 0 Å². The summed E-state index contributed by atoms with van der Waals surface area (Å²) in [6.07, 6.45) is 12.2. The van der Waals surface area contributed by atoms with Crippen LogP contribution in [0.2, 0.25) is 0 Å². The average Bonchev–Trinajstić information content (AvgIpc) is 3.13. The fourth-order valence-corrected chi connectivity index (χ4v) is 4.12. The Labute approximate surface area is 182 Å². The van der Waals surface area contributed by atoms with Gasteiger partial charge in [0.2, 0.25) is 0 Å². The molecule has 2 aliphatic rings. The Balaban J connectivity index is 1.63. The molecule has 6 heteroatoms. The predicted molar refractivity (Wildman–Crippen MR) is 115 cm³/mol. The van der Waals surface area contributed by atoms with Crippen molar-refractivity contribution in [2.24, 2.45) is 11.8 Å². The predicted octanol–water partition coefficient (Wildman–Crippen LogP) is 4.37. The Bertz CT molecular complexity index is 842. The van der Waals surface area contributed by atoms with Crippen molar-refractivity contribution in [1.29, 1.82) is 0 Å². The van der Waals surface area contributed by atoms with E-state index in [2.05, 4.69) is 12.2 Å². The molecule has 0 bridgehead atoms. The minimum absolute atomic E-state index is 0.0488. The quantitative estimate of drug-likeness (QED) is 0.440. The van der Waals surface area contributed by atoms with Gasteiger partial charge in [-0.15, -0.1) is 0 Å². The van der Waals surface area contributed by atoms with Crippen molar-refractivity contribution in [2.75, 3.05) is 0 Å². The van der Waals surface area contributed by atoms with Crippen LogP contribution in [0.15, 0.2) is 54.6 Å². The molecule has 1 aliphatic carbocycles. The summed E-state index contributed by atoms with van der Waals surface area (Å²) in [7, 11) is 0. The van der Waals surface area contributed by atoms with Gasteiger partial charge in [0.25, 0.3) is 0 Å². The number of aliphatic hydroxyl groups excluding tert-OH is 1. The molecular weight excluding hydrogens is 399 g/mol. The first kappa shape index (κ1) is 22.9. The molecule has 1 aromatic carbocycles. The molecule has 0 spiro atoms. The van der Waals surface area contributed by atoms with E-state index in [4.69, 9.17) is 9.47 Å². The number of cyclic esters (lactones) is 1. The van der Waals surface area contributed by atoms with E-state index in [-0.39, 0.29) is 29.9 Å². The molecule has 1 aliphatic heterocycles. The number of rotatable bonds is 3. The fraction of sp³-hybridized carbons (Fsp3) is 0.440. The SMILES string of the molecule is C[C@H]1CCC/C=C/[C@@H]2C[C@H](OC(=O)/C=C/c3ccc(F)cc3)C[C@H]2[C@H](O)C=CC(=O)O1.